The zero-order valence-corrected chi connectivity index (χ0v) is 35.0. The molecule has 2 aliphatic heterocycles. The third-order valence-electron chi connectivity index (χ3n) is 12.0. The van der Waals surface area contributed by atoms with Gasteiger partial charge in [0.2, 0.25) is 0 Å². The lowest BCUT2D eigenvalue weighted by Crippen LogP contribution is -2.33. The number of hydrogen-bond donors (Lipinski definition) is 0. The van der Waals surface area contributed by atoms with Crippen LogP contribution >= 0.6 is 0 Å². The summed E-state index contributed by atoms with van der Waals surface area (Å²) in [6, 6.07) is 71.4. The van der Waals surface area contributed by atoms with Crippen LogP contribution < -0.4 is 14.4 Å². The molecule has 1 spiro atoms. The van der Waals surface area contributed by atoms with Crippen molar-refractivity contribution < 1.29 is 9.47 Å². The predicted molar refractivity (Wildman–Crippen MR) is 257 cm³/mol. The lowest BCUT2D eigenvalue weighted by atomic mass is 9.65. The SMILES string of the molecule is C1=C\COc2ccc(N(c3ccccc3)c3cccc(-c4ccccc4)c3)cc2C2(C\C=C/1)c1ccccc1Oc1ccc(-c3nc(-c4ccccc4)nc(-c4ccccc4)n3)cc12. The highest BCUT2D eigenvalue weighted by Crippen LogP contribution is 2.57. The third-order valence-corrected chi connectivity index (χ3v) is 12.0. The maximum absolute atomic E-state index is 6.85. The monoisotopic (exact) mass is 826 g/mol. The molecule has 0 saturated heterocycles. The molecular formula is C58H42N4O2. The van der Waals surface area contributed by atoms with E-state index in [-0.39, 0.29) is 0 Å². The topological polar surface area (TPSA) is 60.4 Å². The van der Waals surface area contributed by atoms with E-state index in [1.165, 1.54) is 0 Å². The van der Waals surface area contributed by atoms with Crippen LogP contribution in [0.3, 0.4) is 0 Å². The van der Waals surface area contributed by atoms with Gasteiger partial charge in [0, 0.05) is 50.4 Å². The Kier molecular flexibility index (Phi) is 10.1. The summed E-state index contributed by atoms with van der Waals surface area (Å²) in [6.07, 6.45) is 9.12. The van der Waals surface area contributed by atoms with Gasteiger partial charge in [-0.2, -0.15) is 0 Å². The maximum Gasteiger partial charge on any atom is 0.164 e. The molecule has 1 unspecified atom stereocenters. The lowest BCUT2D eigenvalue weighted by molar-refractivity contribution is 0.347. The van der Waals surface area contributed by atoms with Crippen LogP contribution in [-0.2, 0) is 5.41 Å². The maximum atomic E-state index is 6.85. The van der Waals surface area contributed by atoms with Gasteiger partial charge < -0.3 is 14.4 Å². The first kappa shape index (κ1) is 38.6. The molecule has 306 valence electrons. The Labute approximate surface area is 373 Å². The molecule has 6 nitrogen and oxygen atoms in total. The van der Waals surface area contributed by atoms with E-state index in [1.807, 2.05) is 66.7 Å². The van der Waals surface area contributed by atoms with Crippen LogP contribution in [0.1, 0.15) is 23.1 Å². The summed E-state index contributed by atoms with van der Waals surface area (Å²) in [5.74, 6) is 4.13. The van der Waals surface area contributed by atoms with Gasteiger partial charge in [0.1, 0.15) is 23.9 Å². The highest BCUT2D eigenvalue weighted by molar-refractivity contribution is 5.82. The van der Waals surface area contributed by atoms with Crippen molar-refractivity contribution in [1.29, 1.82) is 0 Å². The number of fused-ring (bicyclic) bond motifs is 6. The summed E-state index contributed by atoms with van der Waals surface area (Å²) in [4.78, 5) is 17.6. The van der Waals surface area contributed by atoms with Crippen LogP contribution in [0.2, 0.25) is 0 Å². The summed E-state index contributed by atoms with van der Waals surface area (Å²) >= 11 is 0. The van der Waals surface area contributed by atoms with Crippen molar-refractivity contribution in [3.05, 3.63) is 247 Å². The first-order chi connectivity index (χ1) is 31.7. The van der Waals surface area contributed by atoms with E-state index in [0.717, 1.165) is 78.8 Å². The molecule has 9 aromatic rings. The second-order valence-electron chi connectivity index (χ2n) is 15.9. The Bertz CT molecular complexity index is 3110. The predicted octanol–water partition coefficient (Wildman–Crippen LogP) is 14.3. The molecule has 11 rings (SSSR count). The lowest BCUT2D eigenvalue weighted by Gasteiger charge is -2.42. The Morgan fingerprint density at radius 3 is 1.62 bits per heavy atom. The van der Waals surface area contributed by atoms with E-state index in [4.69, 9.17) is 24.4 Å². The normalized spacial score (nSPS) is 15.9. The van der Waals surface area contributed by atoms with E-state index in [1.54, 1.807) is 0 Å². The second kappa shape index (κ2) is 16.8. The standard InChI is InChI=1S/C58H42N4O2/c1-2-18-37-63-52-35-33-48(62(46-27-13-6-14-28-46)47-29-19-26-44(38-47)41-20-7-3-8-21-41)40-51(52)58(36-17-1)49-30-15-16-31-53(49)64-54-34-32-45(39-50(54)58)57-60-55(42-22-9-4-10-23-42)59-56(61-57)43-24-11-5-12-25-43/h1-35,38-40H,36-37H2/b17-1-,18-2-. The van der Waals surface area contributed by atoms with Crippen LogP contribution in [0.5, 0.6) is 17.2 Å². The van der Waals surface area contributed by atoms with Crippen LogP contribution in [0.25, 0.3) is 45.3 Å². The third kappa shape index (κ3) is 7.21. The smallest absolute Gasteiger partial charge is 0.164 e. The van der Waals surface area contributed by atoms with Gasteiger partial charge in [0.05, 0.1) is 5.41 Å². The quantitative estimate of drug-likeness (QED) is 0.159. The summed E-state index contributed by atoms with van der Waals surface area (Å²) in [5.41, 5.74) is 10.3. The van der Waals surface area contributed by atoms with Crippen LogP contribution in [0, 0.1) is 0 Å². The number of para-hydroxylation sites is 2. The molecule has 0 radical (unpaired) electrons. The Morgan fingerprint density at radius 1 is 0.375 bits per heavy atom. The number of allylic oxidation sites excluding steroid dienone is 3. The van der Waals surface area contributed by atoms with Gasteiger partial charge in [0.15, 0.2) is 17.5 Å². The zero-order valence-electron chi connectivity index (χ0n) is 35.0. The first-order valence-electron chi connectivity index (χ1n) is 21.6. The molecule has 1 atom stereocenters. The highest BCUT2D eigenvalue weighted by atomic mass is 16.5. The molecule has 0 amide bonds. The van der Waals surface area contributed by atoms with Gasteiger partial charge in [-0.25, -0.2) is 15.0 Å². The fraction of sp³-hybridized carbons (Fsp3) is 0.0517. The molecule has 6 heteroatoms. The van der Waals surface area contributed by atoms with Crippen LogP contribution in [0.15, 0.2) is 231 Å². The van der Waals surface area contributed by atoms with Gasteiger partial charge in [-0.15, -0.1) is 0 Å². The average molecular weight is 827 g/mol. The minimum Gasteiger partial charge on any atom is -0.489 e. The summed E-state index contributed by atoms with van der Waals surface area (Å²) in [7, 11) is 0. The van der Waals surface area contributed by atoms with Crippen molar-refractivity contribution in [3.8, 4) is 62.5 Å². The molecule has 0 N–H and O–H groups in total. The van der Waals surface area contributed by atoms with Gasteiger partial charge in [-0.1, -0.05) is 158 Å². The fourth-order valence-electron chi connectivity index (χ4n) is 9.01. The number of aromatic nitrogens is 3. The molecule has 8 aromatic carbocycles. The Balaban J connectivity index is 1.15. The van der Waals surface area contributed by atoms with Crippen LogP contribution in [0.4, 0.5) is 17.1 Å². The Hall–Kier alpha value is -8.35. The van der Waals surface area contributed by atoms with Crippen molar-refractivity contribution in [2.75, 3.05) is 11.5 Å². The minimum absolute atomic E-state index is 0.411. The van der Waals surface area contributed by atoms with Crippen LogP contribution in [-0.4, -0.2) is 21.6 Å². The number of rotatable bonds is 7. The van der Waals surface area contributed by atoms with Gasteiger partial charge in [0.25, 0.3) is 0 Å². The van der Waals surface area contributed by atoms with Crippen molar-refractivity contribution >= 4 is 17.1 Å². The van der Waals surface area contributed by atoms with Gasteiger partial charge >= 0.3 is 0 Å². The van der Waals surface area contributed by atoms with E-state index in [2.05, 4.69) is 169 Å². The molecular weight excluding hydrogens is 785 g/mol. The second-order valence-corrected chi connectivity index (χ2v) is 15.9. The fourth-order valence-corrected chi connectivity index (χ4v) is 9.01. The molecule has 0 aliphatic carbocycles. The van der Waals surface area contributed by atoms with Gasteiger partial charge in [-0.05, 0) is 90.4 Å². The highest BCUT2D eigenvalue weighted by Gasteiger charge is 2.45. The molecule has 0 saturated carbocycles. The molecule has 0 fully saturated rings. The van der Waals surface area contributed by atoms with E-state index in [0.29, 0.717) is 30.5 Å². The number of hydrogen-bond acceptors (Lipinski definition) is 6. The zero-order chi connectivity index (χ0) is 42.7. The van der Waals surface area contributed by atoms with Gasteiger partial charge in [-0.3, -0.25) is 0 Å². The number of benzene rings is 8. The molecule has 0 bridgehead atoms. The van der Waals surface area contributed by atoms with Crippen molar-refractivity contribution in [2.24, 2.45) is 0 Å². The van der Waals surface area contributed by atoms with Crippen molar-refractivity contribution in [3.63, 3.8) is 0 Å². The molecule has 1 aromatic heterocycles. The summed E-state index contributed by atoms with van der Waals surface area (Å²) in [5, 5.41) is 0. The molecule has 3 heterocycles. The Morgan fingerprint density at radius 2 is 0.906 bits per heavy atom. The van der Waals surface area contributed by atoms with E-state index >= 15 is 0 Å². The first-order valence-corrected chi connectivity index (χ1v) is 21.6. The minimum atomic E-state index is -0.779. The van der Waals surface area contributed by atoms with Crippen molar-refractivity contribution in [2.45, 2.75) is 11.8 Å². The van der Waals surface area contributed by atoms with E-state index < -0.39 is 5.41 Å². The average Bonchev–Trinajstić information content (AvgIpc) is 3.37. The largest absolute Gasteiger partial charge is 0.489 e. The number of nitrogens with zero attached hydrogens (tertiary/aromatic N) is 4. The molecule has 64 heavy (non-hydrogen) atoms. The van der Waals surface area contributed by atoms with Crippen molar-refractivity contribution in [1.82, 2.24) is 15.0 Å². The van der Waals surface area contributed by atoms with E-state index in [9.17, 15) is 0 Å². The summed E-state index contributed by atoms with van der Waals surface area (Å²) < 4.78 is 13.6. The summed E-state index contributed by atoms with van der Waals surface area (Å²) in [6.45, 7) is 0.411. The molecule has 2 aliphatic rings. The number of ether oxygens (including phenoxy) is 2. The number of anilines is 3.